The Morgan fingerprint density at radius 3 is 2.34 bits per heavy atom. The number of carbonyl (C=O) groups excluding carboxylic acids is 2. The molecule has 0 atom stereocenters. The average molecular weight is 395 g/mol. The van der Waals surface area contributed by atoms with Crippen LogP contribution in [0.5, 0.6) is 0 Å². The molecule has 3 rings (SSSR count). The maximum Gasteiger partial charge on any atom is 0.338 e. The Kier molecular flexibility index (Phi) is 6.36. The minimum atomic E-state index is -0.590. The van der Waals surface area contributed by atoms with E-state index in [1.807, 2.05) is 0 Å². The summed E-state index contributed by atoms with van der Waals surface area (Å²) in [5.41, 5.74) is 0.704. The Balaban J connectivity index is 1.91. The summed E-state index contributed by atoms with van der Waals surface area (Å²) in [6.45, 7) is 0.720. The number of nitrogens with one attached hydrogen (secondary N) is 1. The number of methoxy groups -OCH3 is 2. The van der Waals surface area contributed by atoms with Gasteiger partial charge in [-0.1, -0.05) is 30.3 Å². The van der Waals surface area contributed by atoms with Gasteiger partial charge in [-0.2, -0.15) is 5.10 Å². The molecule has 0 fully saturated rings. The standard InChI is InChI=1S/C21H21N3O5/c1-28-12-11-24-20(26)16-9-5-3-7-14(16)18(23-24)13-22-19(25)15-8-4-6-10-17(15)21(27)29-2/h3-10H,11-13H2,1-2H3,(H,22,25). The van der Waals surface area contributed by atoms with Crippen molar-refractivity contribution in [1.29, 1.82) is 0 Å². The highest BCUT2D eigenvalue weighted by atomic mass is 16.5. The third-order valence-electron chi connectivity index (χ3n) is 4.44. The van der Waals surface area contributed by atoms with E-state index in [4.69, 9.17) is 9.47 Å². The smallest absolute Gasteiger partial charge is 0.338 e. The predicted molar refractivity (Wildman–Crippen MR) is 107 cm³/mol. The monoisotopic (exact) mass is 395 g/mol. The van der Waals surface area contributed by atoms with Crippen LogP contribution in [0.25, 0.3) is 10.8 Å². The summed E-state index contributed by atoms with van der Waals surface area (Å²) in [6.07, 6.45) is 0. The fourth-order valence-corrected chi connectivity index (χ4v) is 2.99. The van der Waals surface area contributed by atoms with Crippen LogP contribution in [0.4, 0.5) is 0 Å². The van der Waals surface area contributed by atoms with Crippen LogP contribution in [-0.4, -0.2) is 42.5 Å². The van der Waals surface area contributed by atoms with E-state index < -0.39 is 11.9 Å². The van der Waals surface area contributed by atoms with Crippen molar-refractivity contribution in [3.63, 3.8) is 0 Å². The maximum atomic E-state index is 12.7. The average Bonchev–Trinajstić information content (AvgIpc) is 2.77. The molecule has 8 heteroatoms. The van der Waals surface area contributed by atoms with Gasteiger partial charge in [-0.25, -0.2) is 9.48 Å². The van der Waals surface area contributed by atoms with Gasteiger partial charge in [-0.15, -0.1) is 0 Å². The summed E-state index contributed by atoms with van der Waals surface area (Å²) >= 11 is 0. The normalized spacial score (nSPS) is 10.7. The van der Waals surface area contributed by atoms with Gasteiger partial charge >= 0.3 is 5.97 Å². The van der Waals surface area contributed by atoms with Crippen LogP contribution in [0.2, 0.25) is 0 Å². The first kappa shape index (κ1) is 20.2. The van der Waals surface area contributed by atoms with Crippen molar-refractivity contribution < 1.29 is 19.1 Å². The summed E-state index contributed by atoms with van der Waals surface area (Å²) in [4.78, 5) is 37.2. The number of esters is 1. The largest absolute Gasteiger partial charge is 0.465 e. The molecule has 0 unspecified atom stereocenters. The number of carbonyl (C=O) groups is 2. The lowest BCUT2D eigenvalue weighted by Gasteiger charge is -2.12. The topological polar surface area (TPSA) is 99.5 Å². The first-order valence-electron chi connectivity index (χ1n) is 9.00. The zero-order chi connectivity index (χ0) is 20.8. The summed E-state index contributed by atoms with van der Waals surface area (Å²) < 4.78 is 11.1. The Morgan fingerprint density at radius 1 is 1.00 bits per heavy atom. The van der Waals surface area contributed by atoms with Gasteiger partial charge in [-0.05, 0) is 18.2 Å². The van der Waals surface area contributed by atoms with Gasteiger partial charge < -0.3 is 14.8 Å². The number of ether oxygens (including phenoxy) is 2. The molecule has 8 nitrogen and oxygen atoms in total. The van der Waals surface area contributed by atoms with Crippen molar-refractivity contribution in [2.45, 2.75) is 13.1 Å². The van der Waals surface area contributed by atoms with Crippen LogP contribution in [0.3, 0.4) is 0 Å². The molecule has 0 radical (unpaired) electrons. The number of aromatic nitrogens is 2. The summed E-state index contributed by atoms with van der Waals surface area (Å²) in [6, 6.07) is 13.5. The van der Waals surface area contributed by atoms with Crippen molar-refractivity contribution >= 4 is 22.6 Å². The van der Waals surface area contributed by atoms with E-state index in [1.54, 1.807) is 49.6 Å². The molecular formula is C21H21N3O5. The molecule has 0 saturated carbocycles. The van der Waals surface area contributed by atoms with Crippen molar-refractivity contribution in [2.24, 2.45) is 0 Å². The lowest BCUT2D eigenvalue weighted by atomic mass is 10.1. The molecule has 0 aliphatic heterocycles. The number of benzene rings is 2. The maximum absolute atomic E-state index is 12.7. The second-order valence-electron chi connectivity index (χ2n) is 6.23. The summed E-state index contributed by atoms with van der Waals surface area (Å²) in [5, 5.41) is 8.34. The Morgan fingerprint density at radius 2 is 1.66 bits per heavy atom. The van der Waals surface area contributed by atoms with E-state index in [1.165, 1.54) is 17.9 Å². The lowest BCUT2D eigenvalue weighted by Crippen LogP contribution is -2.30. The van der Waals surface area contributed by atoms with Gasteiger partial charge in [0.1, 0.15) is 0 Å². The molecule has 1 N–H and O–H groups in total. The number of hydrogen-bond donors (Lipinski definition) is 1. The predicted octanol–water partition coefficient (Wildman–Crippen LogP) is 1.76. The van der Waals surface area contributed by atoms with Gasteiger partial charge in [0.15, 0.2) is 0 Å². The number of fused-ring (bicyclic) bond motifs is 1. The van der Waals surface area contributed by atoms with E-state index in [2.05, 4.69) is 10.4 Å². The zero-order valence-electron chi connectivity index (χ0n) is 16.2. The summed E-state index contributed by atoms with van der Waals surface area (Å²) in [5.74, 6) is -1.03. The van der Waals surface area contributed by atoms with Gasteiger partial charge in [0.25, 0.3) is 11.5 Å². The molecule has 1 aromatic heterocycles. The fraction of sp³-hybridized carbons (Fsp3) is 0.238. The molecule has 29 heavy (non-hydrogen) atoms. The van der Waals surface area contributed by atoms with Crippen LogP contribution >= 0.6 is 0 Å². The number of rotatable bonds is 7. The molecule has 0 bridgehead atoms. The van der Waals surface area contributed by atoms with Crippen LogP contribution in [0, 0.1) is 0 Å². The third-order valence-corrected chi connectivity index (χ3v) is 4.44. The zero-order valence-corrected chi connectivity index (χ0v) is 16.2. The minimum Gasteiger partial charge on any atom is -0.465 e. The highest BCUT2D eigenvalue weighted by Gasteiger charge is 2.18. The van der Waals surface area contributed by atoms with E-state index in [-0.39, 0.29) is 23.2 Å². The molecule has 0 aliphatic rings. The molecule has 1 heterocycles. The van der Waals surface area contributed by atoms with Gasteiger partial charge in [-0.3, -0.25) is 9.59 Å². The van der Waals surface area contributed by atoms with Crippen LogP contribution in [-0.2, 0) is 22.6 Å². The quantitative estimate of drug-likeness (QED) is 0.612. The lowest BCUT2D eigenvalue weighted by molar-refractivity contribution is 0.0596. The molecule has 0 aliphatic carbocycles. The van der Waals surface area contributed by atoms with Crippen LogP contribution < -0.4 is 10.9 Å². The molecule has 1 amide bonds. The molecule has 150 valence electrons. The van der Waals surface area contributed by atoms with E-state index in [0.717, 1.165) is 0 Å². The molecule has 3 aromatic rings. The van der Waals surface area contributed by atoms with Crippen molar-refractivity contribution in [3.8, 4) is 0 Å². The Hall–Kier alpha value is -3.52. The molecular weight excluding hydrogens is 374 g/mol. The second-order valence-corrected chi connectivity index (χ2v) is 6.23. The van der Waals surface area contributed by atoms with Crippen LogP contribution in [0.1, 0.15) is 26.4 Å². The van der Waals surface area contributed by atoms with Gasteiger partial charge in [0, 0.05) is 12.5 Å². The Bertz CT molecular complexity index is 1110. The van der Waals surface area contributed by atoms with Gasteiger partial charge in [0.2, 0.25) is 0 Å². The van der Waals surface area contributed by atoms with E-state index in [9.17, 15) is 14.4 Å². The SMILES string of the molecule is COCCn1nc(CNC(=O)c2ccccc2C(=O)OC)c2ccccc2c1=O. The van der Waals surface area contributed by atoms with Crippen LogP contribution in [0.15, 0.2) is 53.3 Å². The number of nitrogens with zero attached hydrogens (tertiary/aromatic N) is 2. The first-order chi connectivity index (χ1) is 14.1. The highest BCUT2D eigenvalue weighted by Crippen LogP contribution is 2.14. The second kappa shape index (κ2) is 9.11. The minimum absolute atomic E-state index is 0.0854. The number of hydrogen-bond acceptors (Lipinski definition) is 6. The molecule has 0 spiro atoms. The van der Waals surface area contributed by atoms with Gasteiger partial charge in [0.05, 0.1) is 49.0 Å². The van der Waals surface area contributed by atoms with E-state index in [0.29, 0.717) is 29.6 Å². The first-order valence-corrected chi connectivity index (χ1v) is 9.00. The molecule has 2 aromatic carbocycles. The van der Waals surface area contributed by atoms with E-state index >= 15 is 0 Å². The summed E-state index contributed by atoms with van der Waals surface area (Å²) in [7, 11) is 2.81. The van der Waals surface area contributed by atoms with Crippen molar-refractivity contribution in [1.82, 2.24) is 15.1 Å². The fourth-order valence-electron chi connectivity index (χ4n) is 2.99. The molecule has 0 saturated heterocycles. The Labute approximate surface area is 167 Å². The highest BCUT2D eigenvalue weighted by molar-refractivity contribution is 6.05. The van der Waals surface area contributed by atoms with Crippen molar-refractivity contribution in [3.05, 3.63) is 75.7 Å². The third kappa shape index (κ3) is 4.33. The van der Waals surface area contributed by atoms with Crippen molar-refractivity contribution in [2.75, 3.05) is 20.8 Å². The number of amides is 1.